The Hall–Kier alpha value is -3.41. The van der Waals surface area contributed by atoms with Crippen LogP contribution in [0.5, 0.6) is 5.75 Å². The molecule has 2 aromatic carbocycles. The number of hydrogen-bond donors (Lipinski definition) is 1. The van der Waals surface area contributed by atoms with E-state index in [1.165, 1.54) is 22.9 Å². The summed E-state index contributed by atoms with van der Waals surface area (Å²) in [5.41, 5.74) is 4.37. The lowest BCUT2D eigenvalue weighted by molar-refractivity contribution is 0.0692. The minimum atomic E-state index is -1.06. The summed E-state index contributed by atoms with van der Waals surface area (Å²) in [5, 5.41) is 9.60. The van der Waals surface area contributed by atoms with Crippen LogP contribution in [0.2, 0.25) is 0 Å². The van der Waals surface area contributed by atoms with Crippen LogP contribution in [-0.2, 0) is 25.0 Å². The number of nitrogens with zero attached hydrogens (tertiary/aromatic N) is 3. The van der Waals surface area contributed by atoms with Crippen LogP contribution in [0, 0.1) is 0 Å². The molecule has 3 aromatic rings. The lowest BCUT2D eigenvalue weighted by atomic mass is 9.82. The zero-order valence-corrected chi connectivity index (χ0v) is 18.8. The Morgan fingerprint density at radius 3 is 2.53 bits per heavy atom. The first kappa shape index (κ1) is 21.8. The highest BCUT2D eigenvalue weighted by molar-refractivity contribution is 5.88. The molecule has 0 spiro atoms. The van der Waals surface area contributed by atoms with Crippen molar-refractivity contribution in [1.82, 2.24) is 9.97 Å². The molecule has 6 heteroatoms. The van der Waals surface area contributed by atoms with Gasteiger partial charge in [-0.1, -0.05) is 57.2 Å². The van der Waals surface area contributed by atoms with Crippen molar-refractivity contribution in [1.29, 1.82) is 0 Å². The first-order valence-electron chi connectivity index (χ1n) is 11.0. The summed E-state index contributed by atoms with van der Waals surface area (Å²) in [5.74, 6) is 0.159. The summed E-state index contributed by atoms with van der Waals surface area (Å²) in [4.78, 5) is 22.7. The number of hydrogen-bond acceptors (Lipinski definition) is 5. The Morgan fingerprint density at radius 1 is 1.12 bits per heavy atom. The molecule has 6 nitrogen and oxygen atoms in total. The molecule has 166 valence electrons. The van der Waals surface area contributed by atoms with E-state index in [9.17, 15) is 9.90 Å². The quantitative estimate of drug-likeness (QED) is 0.567. The number of ether oxygens (including phenoxy) is 1. The van der Waals surface area contributed by atoms with Crippen molar-refractivity contribution >= 4 is 11.9 Å². The van der Waals surface area contributed by atoms with Gasteiger partial charge in [0, 0.05) is 19.3 Å². The zero-order valence-electron chi connectivity index (χ0n) is 18.8. The second-order valence-electron chi connectivity index (χ2n) is 8.83. The van der Waals surface area contributed by atoms with Crippen LogP contribution in [0.1, 0.15) is 59.9 Å². The Morgan fingerprint density at radius 2 is 1.84 bits per heavy atom. The van der Waals surface area contributed by atoms with Gasteiger partial charge >= 0.3 is 5.97 Å². The van der Waals surface area contributed by atoms with Crippen LogP contribution >= 0.6 is 0 Å². The van der Waals surface area contributed by atoms with E-state index in [0.717, 1.165) is 19.4 Å². The number of anilines is 1. The third-order valence-electron chi connectivity index (χ3n) is 6.39. The van der Waals surface area contributed by atoms with E-state index in [-0.39, 0.29) is 17.6 Å². The molecule has 0 amide bonds. The molecule has 0 radical (unpaired) electrons. The summed E-state index contributed by atoms with van der Waals surface area (Å²) in [6.45, 7) is 8.16. The monoisotopic (exact) mass is 431 g/mol. The lowest BCUT2D eigenvalue weighted by Gasteiger charge is -2.29. The van der Waals surface area contributed by atoms with Gasteiger partial charge in [0.25, 0.3) is 0 Å². The molecule has 4 rings (SSSR count). The van der Waals surface area contributed by atoms with Crippen molar-refractivity contribution < 1.29 is 14.6 Å². The average Bonchev–Trinajstić information content (AvgIpc) is 2.82. The number of carboxylic acids is 1. The normalized spacial score (nSPS) is 13.5. The van der Waals surface area contributed by atoms with E-state index >= 15 is 0 Å². The summed E-state index contributed by atoms with van der Waals surface area (Å²) < 4.78 is 5.91. The third-order valence-corrected chi connectivity index (χ3v) is 6.39. The molecule has 1 N–H and O–H groups in total. The summed E-state index contributed by atoms with van der Waals surface area (Å²) >= 11 is 0. The minimum Gasteiger partial charge on any atom is -0.487 e. The van der Waals surface area contributed by atoms with Gasteiger partial charge in [-0.2, -0.15) is 0 Å². The minimum absolute atomic E-state index is 0.0647. The molecule has 2 heterocycles. The van der Waals surface area contributed by atoms with E-state index in [4.69, 9.17) is 4.74 Å². The smallest absolute Gasteiger partial charge is 0.339 e. The number of rotatable bonds is 7. The first-order chi connectivity index (χ1) is 15.4. The zero-order chi connectivity index (χ0) is 22.7. The highest BCUT2D eigenvalue weighted by atomic mass is 16.5. The maximum Gasteiger partial charge on any atom is 0.339 e. The van der Waals surface area contributed by atoms with Crippen LogP contribution in [0.25, 0.3) is 0 Å². The SMILES string of the molecule is CCC(C)(C)c1ccc(OCc2nc(N3CCc4ccccc4C3)ncc2C(=O)O)cc1. The fourth-order valence-corrected chi connectivity index (χ4v) is 3.87. The molecule has 0 saturated carbocycles. The Bertz CT molecular complexity index is 1110. The van der Waals surface area contributed by atoms with Crippen molar-refractivity contribution in [3.63, 3.8) is 0 Å². The second kappa shape index (κ2) is 8.99. The molecule has 32 heavy (non-hydrogen) atoms. The topological polar surface area (TPSA) is 75.5 Å². The Labute approximate surface area is 188 Å². The van der Waals surface area contributed by atoms with E-state index in [1.54, 1.807) is 0 Å². The maximum atomic E-state index is 11.7. The molecule has 0 bridgehead atoms. The van der Waals surface area contributed by atoms with Crippen molar-refractivity contribution in [2.24, 2.45) is 0 Å². The molecule has 1 aliphatic heterocycles. The maximum absolute atomic E-state index is 11.7. The standard InChI is InChI=1S/C26H29N3O3/c1-4-26(2,3)20-9-11-21(12-10-20)32-17-23-22(24(30)31)15-27-25(28-23)29-14-13-18-7-5-6-8-19(18)16-29/h5-12,15H,4,13-14,16-17H2,1-3H3,(H,30,31). The van der Waals surface area contributed by atoms with E-state index in [0.29, 0.717) is 23.9 Å². The Balaban J connectivity index is 1.52. The van der Waals surface area contributed by atoms with Gasteiger partial charge in [-0.3, -0.25) is 0 Å². The number of aromatic nitrogens is 2. The first-order valence-corrected chi connectivity index (χ1v) is 11.0. The van der Waals surface area contributed by atoms with Crippen LogP contribution in [0.3, 0.4) is 0 Å². The van der Waals surface area contributed by atoms with Gasteiger partial charge < -0.3 is 14.7 Å². The molecule has 1 aliphatic rings. The van der Waals surface area contributed by atoms with Gasteiger partial charge in [0.1, 0.15) is 17.9 Å². The van der Waals surface area contributed by atoms with Crippen molar-refractivity contribution in [2.75, 3.05) is 11.4 Å². The molecule has 0 unspecified atom stereocenters. The second-order valence-corrected chi connectivity index (χ2v) is 8.83. The third kappa shape index (κ3) is 4.59. The number of aromatic carboxylic acids is 1. The van der Waals surface area contributed by atoms with Crippen molar-refractivity contribution in [3.8, 4) is 5.75 Å². The highest BCUT2D eigenvalue weighted by Gasteiger charge is 2.22. The van der Waals surface area contributed by atoms with Crippen molar-refractivity contribution in [3.05, 3.63) is 82.7 Å². The van der Waals surface area contributed by atoms with Gasteiger partial charge in [0.05, 0.1) is 5.69 Å². The molecule has 0 aliphatic carbocycles. The number of fused-ring (bicyclic) bond motifs is 1. The average molecular weight is 432 g/mol. The number of carboxylic acid groups (broad SMARTS) is 1. The van der Waals surface area contributed by atoms with Crippen LogP contribution in [0.15, 0.2) is 54.7 Å². The van der Waals surface area contributed by atoms with Gasteiger partial charge in [-0.15, -0.1) is 0 Å². The van der Waals surface area contributed by atoms with Crippen LogP contribution in [0.4, 0.5) is 5.95 Å². The van der Waals surface area contributed by atoms with Gasteiger partial charge in [-0.05, 0) is 47.1 Å². The summed E-state index contributed by atoms with van der Waals surface area (Å²) in [6.07, 6.45) is 3.34. The largest absolute Gasteiger partial charge is 0.487 e. The van der Waals surface area contributed by atoms with Crippen LogP contribution < -0.4 is 9.64 Å². The number of benzene rings is 2. The van der Waals surface area contributed by atoms with E-state index in [1.807, 2.05) is 18.2 Å². The molecule has 0 saturated heterocycles. The molecule has 0 fully saturated rings. The van der Waals surface area contributed by atoms with Gasteiger partial charge in [-0.25, -0.2) is 14.8 Å². The fraction of sp³-hybridized carbons (Fsp3) is 0.346. The number of carbonyl (C=O) groups is 1. The molecule has 1 aromatic heterocycles. The molecule has 0 atom stereocenters. The van der Waals surface area contributed by atoms with Crippen molar-refractivity contribution in [2.45, 2.75) is 52.2 Å². The predicted molar refractivity (Wildman–Crippen MR) is 124 cm³/mol. The highest BCUT2D eigenvalue weighted by Crippen LogP contribution is 2.28. The lowest BCUT2D eigenvalue weighted by Crippen LogP contribution is -2.32. The van der Waals surface area contributed by atoms with Crippen LogP contribution in [-0.4, -0.2) is 27.6 Å². The summed E-state index contributed by atoms with van der Waals surface area (Å²) in [7, 11) is 0. The van der Waals surface area contributed by atoms with E-state index in [2.05, 4.69) is 66.0 Å². The van der Waals surface area contributed by atoms with Gasteiger partial charge in [0.2, 0.25) is 5.95 Å². The Kier molecular flexibility index (Phi) is 6.12. The molecular formula is C26H29N3O3. The summed E-state index contributed by atoms with van der Waals surface area (Å²) in [6, 6.07) is 16.3. The van der Waals surface area contributed by atoms with E-state index < -0.39 is 5.97 Å². The fourth-order valence-electron chi connectivity index (χ4n) is 3.87. The predicted octanol–water partition coefficient (Wildman–Crippen LogP) is 5.00. The molecular weight excluding hydrogens is 402 g/mol. The van der Waals surface area contributed by atoms with Gasteiger partial charge in [0.15, 0.2) is 0 Å².